The van der Waals surface area contributed by atoms with Gasteiger partial charge in [-0.25, -0.2) is 0 Å². The molecule has 12 nitrogen and oxygen atoms in total. The van der Waals surface area contributed by atoms with Crippen molar-refractivity contribution >= 4 is 29.6 Å². The molecule has 12 heteroatoms. The van der Waals surface area contributed by atoms with E-state index in [0.29, 0.717) is 0 Å². The summed E-state index contributed by atoms with van der Waals surface area (Å²) in [6.45, 7) is 1.88. The molecule has 9 N–H and O–H groups in total. The van der Waals surface area contributed by atoms with Crippen molar-refractivity contribution in [3.05, 3.63) is 0 Å². The Morgan fingerprint density at radius 2 is 1.56 bits per heavy atom. The number of carbonyl (C=O) groups is 5. The van der Waals surface area contributed by atoms with E-state index in [4.69, 9.17) is 16.6 Å². The van der Waals surface area contributed by atoms with Gasteiger partial charge in [0.2, 0.25) is 23.6 Å². The molecule has 0 heterocycles. The summed E-state index contributed by atoms with van der Waals surface area (Å²) in [5, 5.41) is 24.5. The number of carboxylic acid groups (broad SMARTS) is 1. The maximum absolute atomic E-state index is 12.1. The molecular weight excluding hydrogens is 338 g/mol. The van der Waals surface area contributed by atoms with Crippen LogP contribution in [0.25, 0.3) is 0 Å². The molecule has 0 aromatic carbocycles. The van der Waals surface area contributed by atoms with E-state index < -0.39 is 66.8 Å². The van der Waals surface area contributed by atoms with E-state index in [1.54, 1.807) is 0 Å². The number of amides is 4. The predicted octanol–water partition coefficient (Wildman–Crippen LogP) is -4.24. The van der Waals surface area contributed by atoms with Crippen molar-refractivity contribution in [3.8, 4) is 0 Å². The summed E-state index contributed by atoms with van der Waals surface area (Å²) in [5.74, 6) is -4.62. The summed E-state index contributed by atoms with van der Waals surface area (Å²) in [5.41, 5.74) is 10.4. The first kappa shape index (κ1) is 22.3. The van der Waals surface area contributed by atoms with E-state index in [2.05, 4.69) is 16.0 Å². The van der Waals surface area contributed by atoms with E-state index in [9.17, 15) is 29.1 Å². The Morgan fingerprint density at radius 1 is 1.00 bits per heavy atom. The van der Waals surface area contributed by atoms with Crippen LogP contribution in [0.2, 0.25) is 0 Å². The normalized spacial score (nSPS) is 15.2. The molecule has 0 saturated heterocycles. The molecule has 0 radical (unpaired) electrons. The molecule has 0 aliphatic carbocycles. The maximum atomic E-state index is 12.1. The number of primary amides is 1. The monoisotopic (exact) mass is 361 g/mol. The van der Waals surface area contributed by atoms with Crippen LogP contribution in [0.15, 0.2) is 0 Å². The van der Waals surface area contributed by atoms with Gasteiger partial charge in [0.25, 0.3) is 0 Å². The van der Waals surface area contributed by atoms with E-state index in [1.807, 2.05) is 0 Å². The second-order valence-corrected chi connectivity index (χ2v) is 5.35. The molecule has 0 rings (SSSR count). The molecule has 0 fully saturated rings. The third kappa shape index (κ3) is 8.62. The fraction of sp³-hybridized carbons (Fsp3) is 0.615. The Hall–Kier alpha value is -2.73. The number of rotatable bonds is 10. The van der Waals surface area contributed by atoms with Crippen LogP contribution in [0.3, 0.4) is 0 Å². The first-order valence-electron chi connectivity index (χ1n) is 7.27. The van der Waals surface area contributed by atoms with Gasteiger partial charge in [-0.1, -0.05) is 0 Å². The molecule has 0 spiro atoms. The van der Waals surface area contributed by atoms with Gasteiger partial charge in [-0.05, 0) is 13.8 Å². The van der Waals surface area contributed by atoms with Crippen LogP contribution in [0.4, 0.5) is 0 Å². The van der Waals surface area contributed by atoms with Crippen LogP contribution in [0.1, 0.15) is 20.3 Å². The number of hydrogen-bond acceptors (Lipinski definition) is 7. The first-order valence-corrected chi connectivity index (χ1v) is 7.27. The summed E-state index contributed by atoms with van der Waals surface area (Å²) in [6, 6.07) is -3.87. The molecule has 0 bridgehead atoms. The molecule has 25 heavy (non-hydrogen) atoms. The van der Waals surface area contributed by atoms with Crippen molar-refractivity contribution < 1.29 is 34.2 Å². The number of aliphatic hydroxyl groups is 1. The molecule has 0 saturated carbocycles. The van der Waals surface area contributed by atoms with Gasteiger partial charge < -0.3 is 37.6 Å². The van der Waals surface area contributed by atoms with Gasteiger partial charge in [0.1, 0.15) is 18.6 Å². The molecular formula is C13H23N5O7. The molecule has 0 aromatic rings. The van der Waals surface area contributed by atoms with Crippen LogP contribution in [-0.2, 0) is 24.0 Å². The fourth-order valence-corrected chi connectivity index (χ4v) is 1.66. The number of carbonyl (C=O) groups excluding carboxylic acids is 4. The molecule has 142 valence electrons. The van der Waals surface area contributed by atoms with Gasteiger partial charge in [-0.15, -0.1) is 0 Å². The highest BCUT2D eigenvalue weighted by Crippen LogP contribution is 1.97. The second kappa shape index (κ2) is 10.2. The highest BCUT2D eigenvalue weighted by atomic mass is 16.4. The Labute approximate surface area is 143 Å². The lowest BCUT2D eigenvalue weighted by atomic mass is 10.1. The van der Waals surface area contributed by atoms with Crippen LogP contribution in [-0.4, -0.2) is 70.6 Å². The van der Waals surface area contributed by atoms with Crippen molar-refractivity contribution in [2.45, 2.75) is 44.5 Å². The minimum Gasteiger partial charge on any atom is -0.480 e. The van der Waals surface area contributed by atoms with Crippen molar-refractivity contribution in [3.63, 3.8) is 0 Å². The van der Waals surface area contributed by atoms with Gasteiger partial charge in [-0.3, -0.25) is 24.0 Å². The molecule has 0 aliphatic rings. The van der Waals surface area contributed by atoms with E-state index in [-0.39, 0.29) is 0 Å². The zero-order valence-corrected chi connectivity index (χ0v) is 13.8. The zero-order chi connectivity index (χ0) is 19.7. The van der Waals surface area contributed by atoms with Crippen molar-refractivity contribution in [1.82, 2.24) is 16.0 Å². The molecule has 0 aromatic heterocycles. The molecule has 4 unspecified atom stereocenters. The van der Waals surface area contributed by atoms with E-state index >= 15 is 0 Å². The standard InChI is InChI=1S/C13H23N5O7/c1-5(11(23)16-4-9(21)22)17-13(25)10(6(2)19)18-12(24)7(14)3-8(15)20/h5-7,10,19H,3-4,14H2,1-2H3,(H2,15,20)(H,16,23)(H,17,25)(H,18,24)(H,21,22). The van der Waals surface area contributed by atoms with E-state index in [1.165, 1.54) is 13.8 Å². The fourth-order valence-electron chi connectivity index (χ4n) is 1.66. The SMILES string of the molecule is CC(NC(=O)C(NC(=O)C(N)CC(N)=O)C(C)O)C(=O)NCC(=O)O. The van der Waals surface area contributed by atoms with Crippen molar-refractivity contribution in [2.75, 3.05) is 6.54 Å². The number of nitrogens with two attached hydrogens (primary N) is 2. The Balaban J connectivity index is 4.78. The second-order valence-electron chi connectivity index (χ2n) is 5.35. The Morgan fingerprint density at radius 3 is 2.00 bits per heavy atom. The smallest absolute Gasteiger partial charge is 0.322 e. The van der Waals surface area contributed by atoms with Gasteiger partial charge in [0.05, 0.1) is 18.6 Å². The molecule has 4 atom stereocenters. The van der Waals surface area contributed by atoms with Gasteiger partial charge in [-0.2, -0.15) is 0 Å². The maximum Gasteiger partial charge on any atom is 0.322 e. The molecule has 4 amide bonds. The summed E-state index contributed by atoms with van der Waals surface area (Å²) in [6.07, 6.45) is -1.78. The van der Waals surface area contributed by atoms with E-state index in [0.717, 1.165) is 0 Å². The minimum atomic E-state index is -1.44. The quantitative estimate of drug-likeness (QED) is 0.202. The Bertz CT molecular complexity index is 537. The van der Waals surface area contributed by atoms with Gasteiger partial charge >= 0.3 is 5.97 Å². The summed E-state index contributed by atoms with van der Waals surface area (Å²) in [4.78, 5) is 56.7. The number of aliphatic carboxylic acids is 1. The number of carboxylic acids is 1. The lowest BCUT2D eigenvalue weighted by Crippen LogP contribution is -2.58. The van der Waals surface area contributed by atoms with Crippen LogP contribution < -0.4 is 27.4 Å². The number of nitrogens with one attached hydrogen (secondary N) is 3. The number of aliphatic hydroxyl groups excluding tert-OH is 1. The third-order valence-electron chi connectivity index (χ3n) is 2.99. The summed E-state index contributed by atoms with van der Waals surface area (Å²) in [7, 11) is 0. The Kier molecular flexibility index (Phi) is 9.09. The summed E-state index contributed by atoms with van der Waals surface area (Å²) < 4.78 is 0. The average molecular weight is 361 g/mol. The van der Waals surface area contributed by atoms with Crippen LogP contribution in [0.5, 0.6) is 0 Å². The summed E-state index contributed by atoms with van der Waals surface area (Å²) >= 11 is 0. The first-order chi connectivity index (χ1) is 11.5. The lowest BCUT2D eigenvalue weighted by molar-refractivity contribution is -0.138. The van der Waals surface area contributed by atoms with Crippen LogP contribution >= 0.6 is 0 Å². The van der Waals surface area contributed by atoms with Crippen LogP contribution in [0, 0.1) is 0 Å². The largest absolute Gasteiger partial charge is 0.480 e. The zero-order valence-electron chi connectivity index (χ0n) is 13.8. The third-order valence-corrected chi connectivity index (χ3v) is 2.99. The van der Waals surface area contributed by atoms with Crippen molar-refractivity contribution in [2.24, 2.45) is 11.5 Å². The van der Waals surface area contributed by atoms with Gasteiger partial charge in [0, 0.05) is 0 Å². The lowest BCUT2D eigenvalue weighted by Gasteiger charge is -2.24. The minimum absolute atomic E-state index is 0.450. The predicted molar refractivity (Wildman–Crippen MR) is 83.6 cm³/mol. The highest BCUT2D eigenvalue weighted by Gasteiger charge is 2.30. The highest BCUT2D eigenvalue weighted by molar-refractivity contribution is 5.94. The topological polar surface area (TPSA) is 214 Å². The van der Waals surface area contributed by atoms with Crippen molar-refractivity contribution in [1.29, 1.82) is 0 Å². The number of hydrogen-bond donors (Lipinski definition) is 7. The molecule has 0 aliphatic heterocycles. The van der Waals surface area contributed by atoms with Gasteiger partial charge in [0.15, 0.2) is 0 Å². The average Bonchev–Trinajstić information content (AvgIpc) is 2.48.